The van der Waals surface area contributed by atoms with Crippen molar-refractivity contribution in [1.29, 1.82) is 5.26 Å². The van der Waals surface area contributed by atoms with Crippen molar-refractivity contribution < 1.29 is 17.2 Å². The monoisotopic (exact) mass is 260 g/mol. The molecule has 0 atom stereocenters. The highest BCUT2D eigenvalue weighted by atomic mass is 32.2. The van der Waals surface area contributed by atoms with Crippen LogP contribution < -0.4 is 5.32 Å². The highest BCUT2D eigenvalue weighted by Gasteiger charge is 2.11. The Morgan fingerprint density at radius 1 is 1.35 bits per heavy atom. The molecule has 1 rings (SSSR count). The van der Waals surface area contributed by atoms with E-state index in [4.69, 9.17) is 5.26 Å². The van der Waals surface area contributed by atoms with E-state index in [0.29, 0.717) is 0 Å². The number of hydrogen-bond donors (Lipinski definition) is 1. The summed E-state index contributed by atoms with van der Waals surface area (Å²) < 4.78 is 48.3. The maximum absolute atomic E-state index is 13.3. The summed E-state index contributed by atoms with van der Waals surface area (Å²) in [6.07, 6.45) is 1.03. The van der Waals surface area contributed by atoms with E-state index >= 15 is 0 Å². The van der Waals surface area contributed by atoms with Gasteiger partial charge in [-0.15, -0.1) is 0 Å². The maximum atomic E-state index is 13.3. The van der Waals surface area contributed by atoms with Crippen LogP contribution in [0, 0.1) is 23.0 Å². The van der Waals surface area contributed by atoms with Crippen molar-refractivity contribution in [2.24, 2.45) is 0 Å². The van der Waals surface area contributed by atoms with Crippen LogP contribution in [0.15, 0.2) is 12.1 Å². The number of nitrogens with zero attached hydrogens (tertiary/aromatic N) is 1. The van der Waals surface area contributed by atoms with Crippen LogP contribution in [-0.4, -0.2) is 27.0 Å². The Balaban J connectivity index is 2.83. The number of anilines is 1. The second-order valence-corrected chi connectivity index (χ2v) is 5.74. The van der Waals surface area contributed by atoms with Crippen LogP contribution in [0.25, 0.3) is 0 Å². The predicted molar refractivity (Wildman–Crippen MR) is 59.3 cm³/mol. The fourth-order valence-electron chi connectivity index (χ4n) is 1.17. The summed E-state index contributed by atoms with van der Waals surface area (Å²) >= 11 is 0. The first-order chi connectivity index (χ1) is 7.83. The van der Waals surface area contributed by atoms with Gasteiger partial charge in [-0.05, 0) is 12.1 Å². The van der Waals surface area contributed by atoms with E-state index in [9.17, 15) is 17.2 Å². The first kappa shape index (κ1) is 13.4. The fraction of sp³-hybridized carbons (Fsp3) is 0.300. The molecule has 0 spiro atoms. The van der Waals surface area contributed by atoms with Gasteiger partial charge in [0.15, 0.2) is 11.6 Å². The van der Waals surface area contributed by atoms with Crippen LogP contribution >= 0.6 is 0 Å². The molecule has 0 aromatic heterocycles. The normalized spacial score (nSPS) is 10.9. The molecule has 1 aromatic carbocycles. The summed E-state index contributed by atoms with van der Waals surface area (Å²) in [5, 5.41) is 10.8. The number of nitriles is 1. The van der Waals surface area contributed by atoms with Crippen molar-refractivity contribution in [2.45, 2.75) is 0 Å². The van der Waals surface area contributed by atoms with Gasteiger partial charge in [0.2, 0.25) is 0 Å². The Bertz CT molecular complexity index is 541. The molecule has 0 amide bonds. The van der Waals surface area contributed by atoms with Crippen molar-refractivity contribution in [3.8, 4) is 6.07 Å². The zero-order valence-electron chi connectivity index (χ0n) is 9.00. The van der Waals surface area contributed by atoms with E-state index in [1.165, 1.54) is 0 Å². The van der Waals surface area contributed by atoms with Crippen LogP contribution in [0.4, 0.5) is 14.5 Å². The lowest BCUT2D eigenvalue weighted by Crippen LogP contribution is -2.15. The Morgan fingerprint density at radius 2 is 1.88 bits per heavy atom. The topological polar surface area (TPSA) is 70.0 Å². The van der Waals surface area contributed by atoms with Gasteiger partial charge in [-0.25, -0.2) is 17.2 Å². The first-order valence-electron chi connectivity index (χ1n) is 4.64. The molecule has 0 heterocycles. The minimum absolute atomic E-state index is 0.0986. The van der Waals surface area contributed by atoms with Gasteiger partial charge in [0.05, 0.1) is 17.4 Å². The Labute approximate surface area is 97.8 Å². The lowest BCUT2D eigenvalue weighted by Gasteiger charge is -2.08. The van der Waals surface area contributed by atoms with Crippen molar-refractivity contribution in [3.63, 3.8) is 0 Å². The second-order valence-electron chi connectivity index (χ2n) is 3.48. The lowest BCUT2D eigenvalue weighted by atomic mass is 10.2. The SMILES string of the molecule is CS(=O)(=O)CCNc1c(F)cc(C#N)cc1F. The van der Waals surface area contributed by atoms with Crippen LogP contribution in [-0.2, 0) is 9.84 Å². The van der Waals surface area contributed by atoms with Crippen LogP contribution in [0.1, 0.15) is 5.56 Å². The molecule has 0 radical (unpaired) electrons. The number of halogens is 2. The number of hydrogen-bond acceptors (Lipinski definition) is 4. The van der Waals surface area contributed by atoms with E-state index < -0.39 is 27.2 Å². The van der Waals surface area contributed by atoms with E-state index in [1.54, 1.807) is 6.07 Å². The number of benzene rings is 1. The first-order valence-corrected chi connectivity index (χ1v) is 6.70. The summed E-state index contributed by atoms with van der Waals surface area (Å²) in [4.78, 5) is 0. The van der Waals surface area contributed by atoms with Crippen molar-refractivity contribution >= 4 is 15.5 Å². The highest BCUT2D eigenvalue weighted by Crippen LogP contribution is 2.20. The molecule has 0 saturated carbocycles. The average Bonchev–Trinajstić information content (AvgIpc) is 2.20. The van der Waals surface area contributed by atoms with Gasteiger partial charge in [0, 0.05) is 12.8 Å². The number of nitrogens with one attached hydrogen (secondary N) is 1. The molecule has 0 saturated heterocycles. The lowest BCUT2D eigenvalue weighted by molar-refractivity contribution is 0.586. The number of rotatable bonds is 4. The molecule has 0 fully saturated rings. The van der Waals surface area contributed by atoms with Crippen LogP contribution in [0.2, 0.25) is 0 Å². The van der Waals surface area contributed by atoms with Crippen LogP contribution in [0.3, 0.4) is 0 Å². The second kappa shape index (κ2) is 5.10. The Morgan fingerprint density at radius 3 is 2.29 bits per heavy atom. The van der Waals surface area contributed by atoms with E-state index in [1.807, 2.05) is 0 Å². The summed E-state index contributed by atoms with van der Waals surface area (Å²) in [6.45, 7) is -0.0986. The smallest absolute Gasteiger partial charge is 0.150 e. The molecule has 1 N–H and O–H groups in total. The molecular formula is C10H10F2N2O2S. The molecule has 0 aliphatic rings. The van der Waals surface area contributed by atoms with Gasteiger partial charge >= 0.3 is 0 Å². The molecule has 0 aliphatic heterocycles. The zero-order valence-corrected chi connectivity index (χ0v) is 9.81. The number of sulfone groups is 1. The van der Waals surface area contributed by atoms with E-state index in [-0.39, 0.29) is 17.9 Å². The van der Waals surface area contributed by atoms with Crippen LogP contribution in [0.5, 0.6) is 0 Å². The Kier molecular flexibility index (Phi) is 4.02. The molecule has 92 valence electrons. The fourth-order valence-corrected chi connectivity index (χ4v) is 1.64. The summed E-state index contributed by atoms with van der Waals surface area (Å²) in [7, 11) is -3.19. The third-order valence-corrected chi connectivity index (χ3v) is 2.89. The van der Waals surface area contributed by atoms with Crippen molar-refractivity contribution in [1.82, 2.24) is 0 Å². The van der Waals surface area contributed by atoms with E-state index in [2.05, 4.69) is 5.32 Å². The van der Waals surface area contributed by atoms with E-state index in [0.717, 1.165) is 18.4 Å². The van der Waals surface area contributed by atoms with Crippen molar-refractivity contribution in [3.05, 3.63) is 29.3 Å². The molecule has 0 unspecified atom stereocenters. The minimum Gasteiger partial charge on any atom is -0.379 e. The van der Waals surface area contributed by atoms with Crippen molar-refractivity contribution in [2.75, 3.05) is 23.9 Å². The standard InChI is InChI=1S/C10H10F2N2O2S/c1-17(15,16)3-2-14-10-8(11)4-7(6-13)5-9(10)12/h4-5,14H,2-3H2,1H3. The minimum atomic E-state index is -3.19. The van der Waals surface area contributed by atoms with Gasteiger partial charge in [0.1, 0.15) is 15.5 Å². The molecule has 17 heavy (non-hydrogen) atoms. The zero-order chi connectivity index (χ0) is 13.1. The molecule has 0 bridgehead atoms. The summed E-state index contributed by atoms with van der Waals surface area (Å²) in [5.41, 5.74) is -0.554. The van der Waals surface area contributed by atoms with Gasteiger partial charge in [0.25, 0.3) is 0 Å². The van der Waals surface area contributed by atoms with Gasteiger partial charge in [-0.2, -0.15) is 5.26 Å². The molecule has 7 heteroatoms. The van der Waals surface area contributed by atoms with Gasteiger partial charge in [-0.1, -0.05) is 0 Å². The highest BCUT2D eigenvalue weighted by molar-refractivity contribution is 7.90. The Hall–Kier alpha value is -1.68. The third-order valence-electron chi connectivity index (χ3n) is 1.95. The average molecular weight is 260 g/mol. The quantitative estimate of drug-likeness (QED) is 0.885. The van der Waals surface area contributed by atoms with Gasteiger partial charge < -0.3 is 5.32 Å². The molecule has 0 aliphatic carbocycles. The molecule has 4 nitrogen and oxygen atoms in total. The summed E-state index contributed by atoms with van der Waals surface area (Å²) in [5.74, 6) is -2.07. The summed E-state index contributed by atoms with van der Waals surface area (Å²) in [6, 6.07) is 3.37. The largest absolute Gasteiger partial charge is 0.379 e. The molecule has 1 aromatic rings. The third kappa shape index (κ3) is 4.00. The maximum Gasteiger partial charge on any atom is 0.150 e. The molecular weight excluding hydrogens is 250 g/mol. The predicted octanol–water partition coefficient (Wildman–Crippen LogP) is 1.29. The van der Waals surface area contributed by atoms with Gasteiger partial charge in [-0.3, -0.25) is 0 Å².